The van der Waals surface area contributed by atoms with Crippen LogP contribution in [-0.2, 0) is 14.4 Å². The molecule has 24 heavy (non-hydrogen) atoms. The third-order valence-corrected chi connectivity index (χ3v) is 3.97. The van der Waals surface area contributed by atoms with E-state index in [4.69, 9.17) is 4.74 Å². The summed E-state index contributed by atoms with van der Waals surface area (Å²) in [7, 11) is 0. The Hall–Kier alpha value is -2.57. The molecule has 1 saturated heterocycles. The summed E-state index contributed by atoms with van der Waals surface area (Å²) in [6, 6.07) is 7.48. The zero-order valence-corrected chi connectivity index (χ0v) is 13.7. The Morgan fingerprint density at radius 2 is 1.58 bits per heavy atom. The van der Waals surface area contributed by atoms with Crippen LogP contribution in [0.3, 0.4) is 0 Å². The summed E-state index contributed by atoms with van der Waals surface area (Å²) in [4.78, 5) is 37.6. The molecule has 1 heterocycles. The lowest BCUT2D eigenvalue weighted by Gasteiger charge is -2.34. The van der Waals surface area contributed by atoms with Gasteiger partial charge in [-0.3, -0.25) is 9.59 Å². The Balaban J connectivity index is 1.75. The van der Waals surface area contributed by atoms with E-state index in [1.54, 1.807) is 9.80 Å². The molecule has 130 valence electrons. The van der Waals surface area contributed by atoms with Crippen molar-refractivity contribution in [3.8, 4) is 5.75 Å². The number of carboxylic acid groups (broad SMARTS) is 1. The summed E-state index contributed by atoms with van der Waals surface area (Å²) in [5, 5.41) is 10.4. The highest BCUT2D eigenvalue weighted by atomic mass is 16.5. The van der Waals surface area contributed by atoms with Crippen LogP contribution in [-0.4, -0.2) is 60.4 Å². The third kappa shape index (κ3) is 4.97. The number of aliphatic carboxylic acids is 1. The van der Waals surface area contributed by atoms with E-state index < -0.39 is 5.97 Å². The maximum atomic E-state index is 12.2. The number of carbonyl (C=O) groups excluding carboxylic acids is 3. The Bertz CT molecular complexity index is 609. The summed E-state index contributed by atoms with van der Waals surface area (Å²) in [5.74, 6) is -0.894. The topological polar surface area (TPSA) is 90.0 Å². The molecule has 0 aliphatic carbocycles. The number of para-hydroxylation sites is 1. The van der Waals surface area contributed by atoms with Crippen LogP contribution in [0.4, 0.5) is 0 Å². The molecule has 7 heteroatoms. The SMILES string of the molecule is Cc1ccccc1OCC(=O)N1CCN(C(=O)CCC(=O)[O-])CC1. The third-order valence-electron chi connectivity index (χ3n) is 3.97. The highest BCUT2D eigenvalue weighted by Gasteiger charge is 2.24. The summed E-state index contributed by atoms with van der Waals surface area (Å²) in [5.41, 5.74) is 0.966. The van der Waals surface area contributed by atoms with Crippen LogP contribution in [0.1, 0.15) is 18.4 Å². The minimum Gasteiger partial charge on any atom is -0.550 e. The quantitative estimate of drug-likeness (QED) is 0.705. The van der Waals surface area contributed by atoms with Gasteiger partial charge in [-0.05, 0) is 25.0 Å². The molecule has 0 unspecified atom stereocenters. The molecule has 0 bridgehead atoms. The number of hydrogen-bond donors (Lipinski definition) is 0. The van der Waals surface area contributed by atoms with Crippen molar-refractivity contribution < 1.29 is 24.2 Å². The monoisotopic (exact) mass is 333 g/mol. The van der Waals surface area contributed by atoms with Crippen molar-refractivity contribution in [2.24, 2.45) is 0 Å². The molecule has 1 aliphatic heterocycles. The normalized spacial score (nSPS) is 14.4. The van der Waals surface area contributed by atoms with Gasteiger partial charge in [-0.2, -0.15) is 0 Å². The fourth-order valence-corrected chi connectivity index (χ4v) is 2.52. The van der Waals surface area contributed by atoms with Crippen LogP contribution in [0.5, 0.6) is 5.75 Å². The number of piperazine rings is 1. The average molecular weight is 333 g/mol. The predicted octanol–water partition coefficient (Wildman–Crippen LogP) is -0.425. The first-order valence-corrected chi connectivity index (χ1v) is 7.91. The number of nitrogens with zero attached hydrogens (tertiary/aromatic N) is 2. The van der Waals surface area contributed by atoms with Gasteiger partial charge in [0.1, 0.15) is 5.75 Å². The van der Waals surface area contributed by atoms with Gasteiger partial charge in [-0.1, -0.05) is 18.2 Å². The van der Waals surface area contributed by atoms with Crippen LogP contribution in [0, 0.1) is 6.92 Å². The lowest BCUT2D eigenvalue weighted by Crippen LogP contribution is -2.51. The number of carbonyl (C=O) groups is 3. The molecule has 1 aromatic rings. The molecule has 1 fully saturated rings. The predicted molar refractivity (Wildman–Crippen MR) is 84.1 cm³/mol. The molecule has 0 radical (unpaired) electrons. The van der Waals surface area contributed by atoms with Gasteiger partial charge in [0, 0.05) is 38.6 Å². The highest BCUT2D eigenvalue weighted by Crippen LogP contribution is 2.16. The van der Waals surface area contributed by atoms with Crippen molar-refractivity contribution >= 4 is 17.8 Å². The number of carboxylic acids is 1. The Morgan fingerprint density at radius 3 is 2.17 bits per heavy atom. The Labute approximate surface area is 140 Å². The van der Waals surface area contributed by atoms with Crippen LogP contribution in [0.25, 0.3) is 0 Å². The minimum atomic E-state index is -1.23. The molecule has 0 spiro atoms. The molecule has 0 N–H and O–H groups in total. The summed E-state index contributed by atoms with van der Waals surface area (Å²) < 4.78 is 5.55. The molecule has 0 aromatic heterocycles. The van der Waals surface area contributed by atoms with Crippen molar-refractivity contribution in [3.05, 3.63) is 29.8 Å². The van der Waals surface area contributed by atoms with Crippen LogP contribution < -0.4 is 9.84 Å². The number of aryl methyl sites for hydroxylation is 1. The van der Waals surface area contributed by atoms with Gasteiger partial charge in [0.05, 0.1) is 0 Å². The van der Waals surface area contributed by atoms with Gasteiger partial charge in [-0.25, -0.2) is 0 Å². The fourth-order valence-electron chi connectivity index (χ4n) is 2.52. The molecule has 1 aliphatic rings. The van der Waals surface area contributed by atoms with E-state index in [0.717, 1.165) is 5.56 Å². The molecule has 0 atom stereocenters. The summed E-state index contributed by atoms with van der Waals surface area (Å²) in [6.07, 6.45) is -0.338. The standard InChI is InChI=1S/C17H22N2O5/c1-13-4-2-3-5-14(13)24-12-16(21)19-10-8-18(9-11-19)15(20)6-7-17(22)23/h2-5H,6-12H2,1H3,(H,22,23)/p-1. The first-order chi connectivity index (χ1) is 11.5. The van der Waals surface area contributed by atoms with Gasteiger partial charge in [0.2, 0.25) is 5.91 Å². The van der Waals surface area contributed by atoms with Gasteiger partial charge < -0.3 is 24.4 Å². The number of hydrogen-bond acceptors (Lipinski definition) is 5. The zero-order chi connectivity index (χ0) is 17.5. The van der Waals surface area contributed by atoms with Crippen molar-refractivity contribution in [1.82, 2.24) is 9.80 Å². The summed E-state index contributed by atoms with van der Waals surface area (Å²) >= 11 is 0. The highest BCUT2D eigenvalue weighted by molar-refractivity contribution is 5.81. The van der Waals surface area contributed by atoms with Gasteiger partial charge in [0.15, 0.2) is 6.61 Å². The van der Waals surface area contributed by atoms with E-state index in [2.05, 4.69) is 0 Å². The maximum absolute atomic E-state index is 12.2. The second-order valence-corrected chi connectivity index (χ2v) is 5.69. The number of ether oxygens (including phenoxy) is 1. The van der Waals surface area contributed by atoms with Crippen molar-refractivity contribution in [2.45, 2.75) is 19.8 Å². The van der Waals surface area contributed by atoms with Gasteiger partial charge >= 0.3 is 0 Å². The first kappa shape index (κ1) is 17.8. The average Bonchev–Trinajstić information content (AvgIpc) is 2.58. The maximum Gasteiger partial charge on any atom is 0.260 e. The van der Waals surface area contributed by atoms with E-state index in [1.807, 2.05) is 31.2 Å². The number of benzene rings is 1. The van der Waals surface area contributed by atoms with Crippen molar-refractivity contribution in [1.29, 1.82) is 0 Å². The van der Waals surface area contributed by atoms with Crippen LogP contribution >= 0.6 is 0 Å². The second-order valence-electron chi connectivity index (χ2n) is 5.69. The fraction of sp³-hybridized carbons (Fsp3) is 0.471. The summed E-state index contributed by atoms with van der Waals surface area (Å²) in [6.45, 7) is 3.53. The molecule has 1 aromatic carbocycles. The van der Waals surface area contributed by atoms with E-state index in [9.17, 15) is 19.5 Å². The smallest absolute Gasteiger partial charge is 0.260 e. The molecule has 0 saturated carbocycles. The van der Waals surface area contributed by atoms with Crippen LogP contribution in [0.15, 0.2) is 24.3 Å². The molecular formula is C17H21N2O5-. The lowest BCUT2D eigenvalue weighted by atomic mass is 10.2. The Morgan fingerprint density at radius 1 is 1.00 bits per heavy atom. The van der Waals surface area contributed by atoms with E-state index in [-0.39, 0.29) is 31.3 Å². The lowest BCUT2D eigenvalue weighted by molar-refractivity contribution is -0.305. The molecular weight excluding hydrogens is 312 g/mol. The molecule has 2 rings (SSSR count). The van der Waals surface area contributed by atoms with Crippen molar-refractivity contribution in [3.63, 3.8) is 0 Å². The Kier molecular flexibility index (Phi) is 6.17. The first-order valence-electron chi connectivity index (χ1n) is 7.91. The number of rotatable bonds is 6. The molecule has 2 amide bonds. The van der Waals surface area contributed by atoms with E-state index >= 15 is 0 Å². The van der Waals surface area contributed by atoms with Crippen LogP contribution in [0.2, 0.25) is 0 Å². The van der Waals surface area contributed by atoms with E-state index in [1.165, 1.54) is 0 Å². The van der Waals surface area contributed by atoms with Gasteiger partial charge in [-0.15, -0.1) is 0 Å². The van der Waals surface area contributed by atoms with Crippen molar-refractivity contribution in [2.75, 3.05) is 32.8 Å². The largest absolute Gasteiger partial charge is 0.550 e. The minimum absolute atomic E-state index is 0.0382. The second kappa shape index (κ2) is 8.33. The van der Waals surface area contributed by atoms with E-state index in [0.29, 0.717) is 31.9 Å². The van der Waals surface area contributed by atoms with Gasteiger partial charge in [0.25, 0.3) is 5.91 Å². The zero-order valence-electron chi connectivity index (χ0n) is 13.7. The number of amides is 2. The molecule has 7 nitrogen and oxygen atoms in total.